The molecular formula is C20H15ClN2O7S. The number of nitro groups is 1. The number of ketones is 2. The Morgan fingerprint density at radius 3 is 2.32 bits per heavy atom. The van der Waals surface area contributed by atoms with E-state index in [1.54, 1.807) is 0 Å². The topological polar surface area (TPSA) is 144 Å². The van der Waals surface area contributed by atoms with E-state index in [1.165, 1.54) is 42.5 Å². The van der Waals surface area contributed by atoms with Crippen LogP contribution < -0.4 is 4.72 Å². The molecule has 1 aromatic carbocycles. The van der Waals surface area contributed by atoms with E-state index in [1.807, 2.05) is 0 Å². The fourth-order valence-electron chi connectivity index (χ4n) is 4.01. The van der Waals surface area contributed by atoms with E-state index >= 15 is 0 Å². The molecule has 0 aromatic heterocycles. The van der Waals surface area contributed by atoms with E-state index in [-0.39, 0.29) is 21.4 Å². The molecule has 3 aliphatic carbocycles. The van der Waals surface area contributed by atoms with Crippen molar-refractivity contribution in [1.82, 2.24) is 0 Å². The number of benzene rings is 1. The molecule has 0 unspecified atom stereocenters. The second-order valence-electron chi connectivity index (χ2n) is 7.29. The zero-order valence-electron chi connectivity index (χ0n) is 15.6. The van der Waals surface area contributed by atoms with Gasteiger partial charge in [0.2, 0.25) is 0 Å². The van der Waals surface area contributed by atoms with Gasteiger partial charge in [0.05, 0.1) is 21.7 Å². The highest BCUT2D eigenvalue weighted by atomic mass is 35.5. The van der Waals surface area contributed by atoms with Crippen molar-refractivity contribution in [3.8, 4) is 5.75 Å². The fraction of sp³-hybridized carbons (Fsp3) is 0.200. The van der Waals surface area contributed by atoms with Crippen LogP contribution in [-0.4, -0.2) is 30.0 Å². The normalized spacial score (nSPS) is 27.5. The van der Waals surface area contributed by atoms with E-state index in [9.17, 15) is 33.2 Å². The summed E-state index contributed by atoms with van der Waals surface area (Å²) in [7, 11) is -4.12. The number of halogens is 1. The van der Waals surface area contributed by atoms with Crippen molar-refractivity contribution >= 4 is 38.9 Å². The van der Waals surface area contributed by atoms with Gasteiger partial charge in [-0.05, 0) is 36.4 Å². The molecule has 11 heteroatoms. The quantitative estimate of drug-likeness (QED) is 0.397. The van der Waals surface area contributed by atoms with Gasteiger partial charge in [0, 0.05) is 22.7 Å². The number of Topliss-reactive ketones (excluding diaryl/α,β-unsaturated/α-hetero) is 2. The molecule has 3 aliphatic rings. The molecule has 0 bridgehead atoms. The number of phenols is 1. The number of phenolic OH excluding ortho intramolecular Hbond substituents is 1. The van der Waals surface area contributed by atoms with E-state index in [2.05, 4.69) is 4.72 Å². The number of anilines is 1. The minimum atomic E-state index is -4.12. The van der Waals surface area contributed by atoms with Gasteiger partial charge in [0.15, 0.2) is 5.78 Å². The largest absolute Gasteiger partial charge is 0.508 e. The molecule has 0 aliphatic heterocycles. The summed E-state index contributed by atoms with van der Waals surface area (Å²) in [6, 6.07) is 5.31. The maximum Gasteiger partial charge on any atom is 0.261 e. The van der Waals surface area contributed by atoms with Crippen LogP contribution in [0.25, 0.3) is 0 Å². The summed E-state index contributed by atoms with van der Waals surface area (Å²) < 4.78 is 27.9. The standard InChI is InChI=1S/C20H15ClN2O7S/c21-15-7-8-16(23(27)28)18-17(15)19(25)13-6-5-12(9-14(13)20(18)26)31(29,30)22-10-1-3-11(24)4-2-10/h1-9,13-14,17-18,22,24H/t13-,14+,17-,18+/m1/s1. The molecular weight excluding hydrogens is 448 g/mol. The first-order chi connectivity index (χ1) is 14.6. The second-order valence-corrected chi connectivity index (χ2v) is 9.41. The fourth-order valence-corrected chi connectivity index (χ4v) is 5.45. The number of carbonyl (C=O) groups excluding carboxylic acids is 2. The van der Waals surface area contributed by atoms with Crippen molar-refractivity contribution in [1.29, 1.82) is 0 Å². The first kappa shape index (κ1) is 21.0. The molecule has 0 spiro atoms. The molecule has 4 atom stereocenters. The van der Waals surface area contributed by atoms with Crippen LogP contribution in [0.2, 0.25) is 0 Å². The first-order valence-electron chi connectivity index (χ1n) is 9.11. The van der Waals surface area contributed by atoms with E-state index in [0.717, 1.165) is 12.2 Å². The molecule has 1 aromatic rings. The minimum Gasteiger partial charge on any atom is -0.508 e. The number of nitrogens with zero attached hydrogens (tertiary/aromatic N) is 1. The van der Waals surface area contributed by atoms with Crippen LogP contribution in [-0.2, 0) is 19.6 Å². The van der Waals surface area contributed by atoms with Crippen molar-refractivity contribution in [2.24, 2.45) is 23.7 Å². The lowest BCUT2D eigenvalue weighted by Crippen LogP contribution is -2.49. The average molecular weight is 463 g/mol. The Balaban J connectivity index is 1.69. The van der Waals surface area contributed by atoms with Crippen LogP contribution in [0.1, 0.15) is 0 Å². The van der Waals surface area contributed by atoms with Crippen LogP contribution in [0, 0.1) is 33.8 Å². The smallest absolute Gasteiger partial charge is 0.261 e. The third kappa shape index (κ3) is 3.57. The van der Waals surface area contributed by atoms with Gasteiger partial charge < -0.3 is 5.11 Å². The molecule has 1 fully saturated rings. The first-order valence-corrected chi connectivity index (χ1v) is 11.0. The van der Waals surface area contributed by atoms with Crippen LogP contribution in [0.3, 0.4) is 0 Å². The molecule has 2 N–H and O–H groups in total. The van der Waals surface area contributed by atoms with Crippen molar-refractivity contribution in [2.45, 2.75) is 0 Å². The summed E-state index contributed by atoms with van der Waals surface area (Å²) >= 11 is 6.11. The molecule has 0 radical (unpaired) electrons. The van der Waals surface area contributed by atoms with Crippen LogP contribution in [0.15, 0.2) is 70.3 Å². The molecule has 1 saturated carbocycles. The van der Waals surface area contributed by atoms with E-state index in [4.69, 9.17) is 11.6 Å². The number of hydrogen-bond donors (Lipinski definition) is 2. The molecule has 0 heterocycles. The lowest BCUT2D eigenvalue weighted by Gasteiger charge is -2.37. The summed E-state index contributed by atoms with van der Waals surface area (Å²) in [6.07, 6.45) is 6.03. The molecule has 0 amide bonds. The monoisotopic (exact) mass is 462 g/mol. The maximum absolute atomic E-state index is 13.2. The number of fused-ring (bicyclic) bond motifs is 2. The number of nitrogens with one attached hydrogen (secondary N) is 1. The van der Waals surface area contributed by atoms with Gasteiger partial charge in [-0.25, -0.2) is 8.42 Å². The predicted molar refractivity (Wildman–Crippen MR) is 111 cm³/mol. The summed E-state index contributed by atoms with van der Waals surface area (Å²) in [6.45, 7) is 0. The predicted octanol–water partition coefficient (Wildman–Crippen LogP) is 2.50. The highest BCUT2D eigenvalue weighted by molar-refractivity contribution is 7.96. The van der Waals surface area contributed by atoms with Crippen molar-refractivity contribution in [3.05, 3.63) is 80.4 Å². The number of rotatable bonds is 4. The van der Waals surface area contributed by atoms with Gasteiger partial charge in [0.1, 0.15) is 17.5 Å². The summed E-state index contributed by atoms with van der Waals surface area (Å²) in [5.41, 5.74) is -0.260. The summed E-state index contributed by atoms with van der Waals surface area (Å²) in [5.74, 6) is -5.82. The average Bonchev–Trinajstić information content (AvgIpc) is 2.72. The molecule has 160 valence electrons. The Kier molecular flexibility index (Phi) is 5.06. The van der Waals surface area contributed by atoms with Gasteiger partial charge in [-0.3, -0.25) is 24.4 Å². The summed E-state index contributed by atoms with van der Waals surface area (Å²) in [5, 5.41) is 20.8. The third-order valence-corrected chi connectivity index (χ3v) is 7.23. The van der Waals surface area contributed by atoms with Crippen LogP contribution >= 0.6 is 11.6 Å². The zero-order chi connectivity index (χ0) is 22.5. The van der Waals surface area contributed by atoms with Gasteiger partial charge in [0.25, 0.3) is 15.7 Å². The Bertz CT molecular complexity index is 1230. The number of carbonyl (C=O) groups is 2. The highest BCUT2D eigenvalue weighted by Gasteiger charge is 2.55. The van der Waals surface area contributed by atoms with Crippen LogP contribution in [0.5, 0.6) is 5.75 Å². The molecule has 0 saturated heterocycles. The molecule has 9 nitrogen and oxygen atoms in total. The number of aromatic hydroxyl groups is 1. The molecule has 31 heavy (non-hydrogen) atoms. The van der Waals surface area contributed by atoms with Crippen molar-refractivity contribution in [3.63, 3.8) is 0 Å². The second kappa shape index (κ2) is 7.47. The van der Waals surface area contributed by atoms with Crippen LogP contribution in [0.4, 0.5) is 5.69 Å². The molecule has 4 rings (SSSR count). The number of sulfonamides is 1. The number of allylic oxidation sites excluding steroid dienone is 7. The Hall–Kier alpha value is -3.24. The zero-order valence-corrected chi connectivity index (χ0v) is 17.2. The van der Waals surface area contributed by atoms with Crippen molar-refractivity contribution in [2.75, 3.05) is 4.72 Å². The Labute approximate surface area is 181 Å². The highest BCUT2D eigenvalue weighted by Crippen LogP contribution is 2.46. The van der Waals surface area contributed by atoms with E-state index in [0.29, 0.717) is 0 Å². The SMILES string of the molecule is O=C1[C@H]2C([N+](=O)[O-])=CC=C(Cl)[C@H]2C(=O)[C@@H]2C=CC(S(=O)(=O)Nc3ccc(O)cc3)=C[C@H]12. The van der Waals surface area contributed by atoms with Gasteiger partial charge >= 0.3 is 0 Å². The van der Waals surface area contributed by atoms with Gasteiger partial charge in [-0.2, -0.15) is 0 Å². The lowest BCUT2D eigenvalue weighted by atomic mass is 9.63. The van der Waals surface area contributed by atoms with Crippen molar-refractivity contribution < 1.29 is 28.0 Å². The lowest BCUT2D eigenvalue weighted by molar-refractivity contribution is -0.433. The summed E-state index contributed by atoms with van der Waals surface area (Å²) in [4.78, 5) is 36.6. The van der Waals surface area contributed by atoms with Gasteiger partial charge in [-0.1, -0.05) is 23.8 Å². The Morgan fingerprint density at radius 2 is 1.68 bits per heavy atom. The Morgan fingerprint density at radius 1 is 1.03 bits per heavy atom. The maximum atomic E-state index is 13.2. The van der Waals surface area contributed by atoms with Gasteiger partial charge in [-0.15, -0.1) is 0 Å². The third-order valence-electron chi connectivity index (χ3n) is 5.47. The van der Waals surface area contributed by atoms with E-state index < -0.39 is 55.9 Å². The minimum absolute atomic E-state index is 0.0391. The number of hydrogen-bond acceptors (Lipinski definition) is 7.